The Morgan fingerprint density at radius 1 is 0.235 bits per heavy atom. The summed E-state index contributed by atoms with van der Waals surface area (Å²) < 4.78 is 4.85. The second kappa shape index (κ2) is 15.2. The highest BCUT2D eigenvalue weighted by Gasteiger charge is 2.20. The van der Waals surface area contributed by atoms with Crippen LogP contribution < -0.4 is 0 Å². The molecule has 0 fully saturated rings. The minimum Gasteiger partial charge on any atom is -0.309 e. The van der Waals surface area contributed by atoms with Crippen LogP contribution in [0.1, 0.15) is 0 Å². The molecule has 5 nitrogen and oxygen atoms in total. The molecule has 68 heavy (non-hydrogen) atoms. The fraction of sp³-hybridized carbons (Fsp3) is 0. The van der Waals surface area contributed by atoms with Gasteiger partial charge < -0.3 is 9.13 Å². The van der Waals surface area contributed by atoms with E-state index in [0.717, 1.165) is 55.6 Å². The normalized spacial score (nSPS) is 11.8. The maximum atomic E-state index is 5.28. The summed E-state index contributed by atoms with van der Waals surface area (Å²) in [7, 11) is 0. The van der Waals surface area contributed by atoms with Crippen molar-refractivity contribution in [1.29, 1.82) is 0 Å². The van der Waals surface area contributed by atoms with Crippen molar-refractivity contribution in [2.24, 2.45) is 0 Å². The summed E-state index contributed by atoms with van der Waals surface area (Å²) in [4.78, 5) is 15.7. The fourth-order valence-electron chi connectivity index (χ4n) is 10.5. The lowest BCUT2D eigenvalue weighted by Gasteiger charge is -2.13. The van der Waals surface area contributed by atoms with Gasteiger partial charge in [0.15, 0.2) is 17.5 Å². The number of aromatic nitrogens is 5. The fourth-order valence-corrected chi connectivity index (χ4v) is 10.5. The van der Waals surface area contributed by atoms with Gasteiger partial charge in [0.2, 0.25) is 0 Å². The van der Waals surface area contributed by atoms with Crippen LogP contribution in [0.4, 0.5) is 0 Å². The van der Waals surface area contributed by atoms with E-state index in [9.17, 15) is 0 Å². The number of hydrogen-bond donors (Lipinski definition) is 0. The lowest BCUT2D eigenvalue weighted by Crippen LogP contribution is -2.01. The first-order chi connectivity index (χ1) is 33.7. The zero-order valence-corrected chi connectivity index (χ0v) is 36.8. The highest BCUT2D eigenvalue weighted by atomic mass is 15.0. The van der Waals surface area contributed by atoms with E-state index < -0.39 is 0 Å². The minimum absolute atomic E-state index is 0.606. The van der Waals surface area contributed by atoms with E-state index in [1.54, 1.807) is 0 Å². The third kappa shape index (κ3) is 6.14. The van der Waals surface area contributed by atoms with Crippen molar-refractivity contribution >= 4 is 75.9 Å². The van der Waals surface area contributed by atoms with Gasteiger partial charge in [-0.25, -0.2) is 15.0 Å². The predicted molar refractivity (Wildman–Crippen MR) is 283 cm³/mol. The van der Waals surface area contributed by atoms with Crippen LogP contribution in [0.2, 0.25) is 0 Å². The molecule has 316 valence electrons. The molecule has 0 spiro atoms. The Hall–Kier alpha value is -9.19. The van der Waals surface area contributed by atoms with Crippen LogP contribution in [0.15, 0.2) is 237 Å². The monoisotopic (exact) mass is 865 g/mol. The van der Waals surface area contributed by atoms with Gasteiger partial charge in [-0.2, -0.15) is 0 Å². The summed E-state index contributed by atoms with van der Waals surface area (Å²) in [5.74, 6) is 1.85. The summed E-state index contributed by atoms with van der Waals surface area (Å²) >= 11 is 0. The summed E-state index contributed by atoms with van der Waals surface area (Å²) in [5.41, 5.74) is 11.7. The average molecular weight is 866 g/mol. The molecule has 3 heterocycles. The molecule has 0 aliphatic heterocycles. The molecule has 0 saturated carbocycles. The first kappa shape index (κ1) is 38.1. The summed E-state index contributed by atoms with van der Waals surface area (Å²) in [6.07, 6.45) is 0. The van der Waals surface area contributed by atoms with E-state index in [1.165, 1.54) is 59.5 Å². The van der Waals surface area contributed by atoms with Gasteiger partial charge >= 0.3 is 0 Å². The molecule has 14 aromatic rings. The zero-order chi connectivity index (χ0) is 44.7. The molecular weight excluding hydrogens is 827 g/mol. The number of para-hydroxylation sites is 1. The molecule has 0 unspecified atom stereocenters. The van der Waals surface area contributed by atoms with Gasteiger partial charge in [0.25, 0.3) is 0 Å². The Kier molecular flexibility index (Phi) is 8.52. The number of fused-ring (bicyclic) bond motifs is 10. The van der Waals surface area contributed by atoms with E-state index >= 15 is 0 Å². The Labute approximate surface area is 391 Å². The standard InChI is InChI=1S/C63H39N5/c1-2-14-40(15-3-1)44-21-12-22-47(34-44)61-64-62(66-63(65-61)49-29-28-41-16-4-5-18-43(41)35-49)48-23-13-24-50(36-48)68-58-38-46-20-7-6-19-45(46)37-55(58)53-32-31-51(39-59(53)68)67-56-27-11-10-26-54(56)60-52-25-9-8-17-42(52)30-33-57(60)67/h1-39H. The molecule has 11 aromatic carbocycles. The van der Waals surface area contributed by atoms with Gasteiger partial charge in [-0.05, 0) is 104 Å². The second-order valence-corrected chi connectivity index (χ2v) is 17.7. The highest BCUT2D eigenvalue weighted by Crippen LogP contribution is 2.41. The van der Waals surface area contributed by atoms with Crippen molar-refractivity contribution < 1.29 is 0 Å². The molecular formula is C63H39N5. The maximum Gasteiger partial charge on any atom is 0.164 e. The van der Waals surface area contributed by atoms with Gasteiger partial charge in [-0.1, -0.05) is 176 Å². The van der Waals surface area contributed by atoms with Crippen LogP contribution >= 0.6 is 0 Å². The molecule has 0 bridgehead atoms. The molecule has 0 saturated heterocycles. The highest BCUT2D eigenvalue weighted by molar-refractivity contribution is 6.21. The first-order valence-electron chi connectivity index (χ1n) is 23.1. The van der Waals surface area contributed by atoms with E-state index in [1.807, 2.05) is 6.07 Å². The first-order valence-corrected chi connectivity index (χ1v) is 23.1. The lowest BCUT2D eigenvalue weighted by atomic mass is 10.0. The maximum absolute atomic E-state index is 5.28. The Bertz CT molecular complexity index is 4330. The third-order valence-electron chi connectivity index (χ3n) is 13.7. The van der Waals surface area contributed by atoms with Crippen LogP contribution in [0.3, 0.4) is 0 Å². The largest absolute Gasteiger partial charge is 0.309 e. The Morgan fingerprint density at radius 2 is 0.779 bits per heavy atom. The molecule has 0 aliphatic carbocycles. The molecule has 14 rings (SSSR count). The zero-order valence-electron chi connectivity index (χ0n) is 36.8. The number of nitrogens with zero attached hydrogens (tertiary/aromatic N) is 5. The van der Waals surface area contributed by atoms with Crippen molar-refractivity contribution in [1.82, 2.24) is 24.1 Å². The Morgan fingerprint density at radius 3 is 1.57 bits per heavy atom. The number of hydrogen-bond acceptors (Lipinski definition) is 3. The average Bonchev–Trinajstić information content (AvgIpc) is 3.92. The minimum atomic E-state index is 0.606. The molecule has 3 aromatic heterocycles. The third-order valence-corrected chi connectivity index (χ3v) is 13.7. The molecule has 0 aliphatic rings. The van der Waals surface area contributed by atoms with Crippen LogP contribution in [-0.2, 0) is 0 Å². The van der Waals surface area contributed by atoms with Gasteiger partial charge in [0.05, 0.1) is 22.1 Å². The van der Waals surface area contributed by atoms with Crippen molar-refractivity contribution in [2.45, 2.75) is 0 Å². The predicted octanol–water partition coefficient (Wildman–Crippen LogP) is 16.2. The van der Waals surface area contributed by atoms with Gasteiger partial charge in [0.1, 0.15) is 0 Å². The van der Waals surface area contributed by atoms with E-state index in [-0.39, 0.29) is 0 Å². The summed E-state index contributed by atoms with van der Waals surface area (Å²) in [6.45, 7) is 0. The van der Waals surface area contributed by atoms with Crippen LogP contribution in [-0.4, -0.2) is 24.1 Å². The van der Waals surface area contributed by atoms with E-state index in [0.29, 0.717) is 17.5 Å². The quantitative estimate of drug-likeness (QED) is 0.167. The van der Waals surface area contributed by atoms with Gasteiger partial charge in [0, 0.05) is 49.6 Å². The molecule has 5 heteroatoms. The van der Waals surface area contributed by atoms with Crippen LogP contribution in [0.5, 0.6) is 0 Å². The molecule has 0 radical (unpaired) electrons. The van der Waals surface area contributed by atoms with Gasteiger partial charge in [-0.3, -0.25) is 0 Å². The number of benzene rings is 11. The van der Waals surface area contributed by atoms with Crippen molar-refractivity contribution in [3.63, 3.8) is 0 Å². The van der Waals surface area contributed by atoms with Crippen molar-refractivity contribution in [3.8, 4) is 56.7 Å². The topological polar surface area (TPSA) is 48.5 Å². The van der Waals surface area contributed by atoms with Crippen LogP contribution in [0, 0.1) is 0 Å². The number of rotatable bonds is 6. The van der Waals surface area contributed by atoms with E-state index in [2.05, 4.69) is 240 Å². The smallest absolute Gasteiger partial charge is 0.164 e. The second-order valence-electron chi connectivity index (χ2n) is 17.7. The van der Waals surface area contributed by atoms with Gasteiger partial charge in [-0.15, -0.1) is 0 Å². The summed E-state index contributed by atoms with van der Waals surface area (Å²) in [5, 5.41) is 12.1. The Balaban J connectivity index is 0.989. The van der Waals surface area contributed by atoms with Crippen molar-refractivity contribution in [2.75, 3.05) is 0 Å². The lowest BCUT2D eigenvalue weighted by molar-refractivity contribution is 1.07. The van der Waals surface area contributed by atoms with Crippen LogP contribution in [0.25, 0.3) is 133 Å². The van der Waals surface area contributed by atoms with Crippen molar-refractivity contribution in [3.05, 3.63) is 237 Å². The molecule has 0 N–H and O–H groups in total. The van der Waals surface area contributed by atoms with E-state index in [4.69, 9.17) is 15.0 Å². The molecule has 0 amide bonds. The molecule has 0 atom stereocenters. The summed E-state index contributed by atoms with van der Waals surface area (Å²) in [6, 6.07) is 84.8. The SMILES string of the molecule is c1ccc(-c2cccc(-c3nc(-c4cccc(-n5c6cc(-n7c8ccccc8c8c9ccccc9ccc87)ccc6c6cc7ccccc7cc65)c4)nc(-c4ccc5ccccc5c4)n3)c2)cc1.